The topological polar surface area (TPSA) is 177 Å². The van der Waals surface area contributed by atoms with Crippen LogP contribution in [0, 0.1) is 5.92 Å². The molecule has 0 radical (unpaired) electrons. The summed E-state index contributed by atoms with van der Waals surface area (Å²) in [6.07, 6.45) is 1.99. The summed E-state index contributed by atoms with van der Waals surface area (Å²) in [4.78, 5) is 47.4. The number of carboxylic acids is 1. The molecule has 0 saturated carbocycles. The van der Waals surface area contributed by atoms with Crippen molar-refractivity contribution in [1.82, 2.24) is 16.0 Å². The first-order valence-electron chi connectivity index (χ1n) is 9.29. The number of nitrogens with two attached hydrogens (primary N) is 2. The summed E-state index contributed by atoms with van der Waals surface area (Å²) in [5.41, 5.74) is 11.2. The maximum absolute atomic E-state index is 12.4. The molecule has 11 heteroatoms. The van der Waals surface area contributed by atoms with Gasteiger partial charge in [0.15, 0.2) is 0 Å². The maximum Gasteiger partial charge on any atom is 0.327 e. The fourth-order valence-electron chi connectivity index (χ4n) is 2.38. The molecule has 3 amide bonds. The molecule has 3 unspecified atom stereocenters. The van der Waals surface area contributed by atoms with Gasteiger partial charge in [-0.1, -0.05) is 13.8 Å². The highest BCUT2D eigenvalue weighted by atomic mass is 32.1. The predicted octanol–water partition coefficient (Wildman–Crippen LogP) is -1.41. The summed E-state index contributed by atoms with van der Waals surface area (Å²) in [6, 6.07) is -2.83. The van der Waals surface area contributed by atoms with Gasteiger partial charge in [-0.2, -0.15) is 12.6 Å². The standard InChI is InChI=1S/C17H33N5O5S/c1-10(2)7-11(19)15(24)20-8-14(23)21-12(5-3-4-6-18)16(25)22-13(9-28)17(26)27/h10-13,28H,3-9,18-19H2,1-2H3,(H,20,24)(H,21,23)(H,22,25)(H,26,27). The molecule has 0 aliphatic rings. The van der Waals surface area contributed by atoms with Crippen molar-refractivity contribution in [3.8, 4) is 0 Å². The number of hydrogen-bond donors (Lipinski definition) is 7. The highest BCUT2D eigenvalue weighted by Gasteiger charge is 2.26. The number of unbranched alkanes of at least 4 members (excludes halogenated alkanes) is 1. The Hall–Kier alpha value is -1.85. The molecule has 10 nitrogen and oxygen atoms in total. The molecule has 0 rings (SSSR count). The van der Waals surface area contributed by atoms with E-state index in [2.05, 4.69) is 28.6 Å². The average molecular weight is 420 g/mol. The van der Waals surface area contributed by atoms with Gasteiger partial charge in [0.1, 0.15) is 12.1 Å². The third kappa shape index (κ3) is 11.1. The maximum atomic E-state index is 12.4. The van der Waals surface area contributed by atoms with Crippen LogP contribution in [0.15, 0.2) is 0 Å². The molecule has 0 aliphatic carbocycles. The van der Waals surface area contributed by atoms with Gasteiger partial charge >= 0.3 is 5.97 Å². The van der Waals surface area contributed by atoms with Gasteiger partial charge < -0.3 is 32.5 Å². The Bertz CT molecular complexity index is 532. The zero-order valence-electron chi connectivity index (χ0n) is 16.4. The van der Waals surface area contributed by atoms with E-state index in [1.807, 2.05) is 13.8 Å². The normalized spacial score (nSPS) is 14.1. The molecule has 0 spiro atoms. The molecule has 0 aromatic rings. The van der Waals surface area contributed by atoms with Crippen LogP contribution in [-0.2, 0) is 19.2 Å². The summed E-state index contributed by atoms with van der Waals surface area (Å²) in [5, 5.41) is 16.3. The average Bonchev–Trinajstić information content (AvgIpc) is 2.62. The van der Waals surface area contributed by atoms with Crippen molar-refractivity contribution in [3.05, 3.63) is 0 Å². The monoisotopic (exact) mass is 419 g/mol. The van der Waals surface area contributed by atoms with Crippen LogP contribution in [0.4, 0.5) is 0 Å². The highest BCUT2D eigenvalue weighted by molar-refractivity contribution is 7.80. The number of rotatable bonds is 14. The Morgan fingerprint density at radius 1 is 1.04 bits per heavy atom. The van der Waals surface area contributed by atoms with Gasteiger partial charge in [-0.25, -0.2) is 4.79 Å². The SMILES string of the molecule is CC(C)CC(N)C(=O)NCC(=O)NC(CCCCN)C(=O)NC(CS)C(=O)O. The van der Waals surface area contributed by atoms with Gasteiger partial charge in [0, 0.05) is 5.75 Å². The lowest BCUT2D eigenvalue weighted by atomic mass is 10.0. The van der Waals surface area contributed by atoms with Gasteiger partial charge in [-0.05, 0) is 38.1 Å². The number of hydrogen-bond acceptors (Lipinski definition) is 7. The Balaban J connectivity index is 4.75. The van der Waals surface area contributed by atoms with E-state index in [0.29, 0.717) is 25.8 Å². The number of thiol groups is 1. The first-order valence-corrected chi connectivity index (χ1v) is 9.92. The molecule has 0 bridgehead atoms. The van der Waals surface area contributed by atoms with Gasteiger partial charge in [-0.15, -0.1) is 0 Å². The van der Waals surface area contributed by atoms with Crippen LogP contribution in [0.5, 0.6) is 0 Å². The number of carbonyl (C=O) groups is 4. The van der Waals surface area contributed by atoms with Crippen LogP contribution in [-0.4, -0.2) is 65.8 Å². The van der Waals surface area contributed by atoms with E-state index in [-0.39, 0.29) is 24.6 Å². The molecule has 0 aromatic heterocycles. The zero-order valence-corrected chi connectivity index (χ0v) is 17.3. The lowest BCUT2D eigenvalue weighted by molar-refractivity contribution is -0.141. The molecule has 28 heavy (non-hydrogen) atoms. The Morgan fingerprint density at radius 2 is 1.68 bits per heavy atom. The molecule has 0 aliphatic heterocycles. The quantitative estimate of drug-likeness (QED) is 0.134. The molecule has 0 fully saturated rings. The van der Waals surface area contributed by atoms with Crippen molar-refractivity contribution >= 4 is 36.3 Å². The highest BCUT2D eigenvalue weighted by Crippen LogP contribution is 2.03. The third-order valence-corrected chi connectivity index (χ3v) is 4.25. The summed E-state index contributed by atoms with van der Waals surface area (Å²) >= 11 is 3.89. The summed E-state index contributed by atoms with van der Waals surface area (Å²) in [6.45, 7) is 3.96. The zero-order chi connectivity index (χ0) is 21.7. The Morgan fingerprint density at radius 3 is 2.18 bits per heavy atom. The minimum Gasteiger partial charge on any atom is -0.480 e. The fourth-order valence-corrected chi connectivity index (χ4v) is 2.63. The van der Waals surface area contributed by atoms with E-state index >= 15 is 0 Å². The molecule has 0 saturated heterocycles. The van der Waals surface area contributed by atoms with Crippen molar-refractivity contribution < 1.29 is 24.3 Å². The van der Waals surface area contributed by atoms with Crippen LogP contribution in [0.2, 0.25) is 0 Å². The Labute approximate surface area is 171 Å². The molecule has 8 N–H and O–H groups in total. The van der Waals surface area contributed by atoms with Crippen molar-refractivity contribution in [2.24, 2.45) is 17.4 Å². The van der Waals surface area contributed by atoms with Crippen LogP contribution in [0.3, 0.4) is 0 Å². The van der Waals surface area contributed by atoms with Crippen molar-refractivity contribution in [2.45, 2.75) is 57.7 Å². The molecule has 162 valence electrons. The van der Waals surface area contributed by atoms with Crippen LogP contribution >= 0.6 is 12.6 Å². The second-order valence-electron chi connectivity index (χ2n) is 6.94. The summed E-state index contributed by atoms with van der Waals surface area (Å²) in [5.74, 6) is -2.73. The summed E-state index contributed by atoms with van der Waals surface area (Å²) < 4.78 is 0. The number of carbonyl (C=O) groups excluding carboxylic acids is 3. The number of aliphatic carboxylic acids is 1. The lowest BCUT2D eigenvalue weighted by Gasteiger charge is -2.21. The second-order valence-corrected chi connectivity index (χ2v) is 7.31. The molecule has 0 aromatic carbocycles. The molecule has 3 atom stereocenters. The second kappa shape index (κ2) is 14.2. The van der Waals surface area contributed by atoms with Crippen molar-refractivity contribution in [3.63, 3.8) is 0 Å². The van der Waals surface area contributed by atoms with Crippen LogP contribution < -0.4 is 27.4 Å². The van der Waals surface area contributed by atoms with E-state index in [1.165, 1.54) is 0 Å². The minimum absolute atomic E-state index is 0.0890. The van der Waals surface area contributed by atoms with Crippen molar-refractivity contribution in [1.29, 1.82) is 0 Å². The van der Waals surface area contributed by atoms with Crippen molar-refractivity contribution in [2.75, 3.05) is 18.8 Å². The van der Waals surface area contributed by atoms with Gasteiger partial charge in [0.25, 0.3) is 0 Å². The third-order valence-electron chi connectivity index (χ3n) is 3.88. The predicted molar refractivity (Wildman–Crippen MR) is 109 cm³/mol. The van der Waals surface area contributed by atoms with Gasteiger partial charge in [0.05, 0.1) is 12.6 Å². The Kier molecular flexibility index (Phi) is 13.3. The van der Waals surface area contributed by atoms with E-state index in [1.54, 1.807) is 0 Å². The molecule has 0 heterocycles. The first kappa shape index (κ1) is 26.1. The van der Waals surface area contributed by atoms with Gasteiger partial charge in [-0.3, -0.25) is 14.4 Å². The molecular weight excluding hydrogens is 386 g/mol. The number of nitrogens with one attached hydrogen (secondary N) is 3. The number of amides is 3. The van der Waals surface area contributed by atoms with E-state index < -0.39 is 41.8 Å². The summed E-state index contributed by atoms with van der Waals surface area (Å²) in [7, 11) is 0. The van der Waals surface area contributed by atoms with E-state index in [9.17, 15) is 19.2 Å². The smallest absolute Gasteiger partial charge is 0.327 e. The lowest BCUT2D eigenvalue weighted by Crippen LogP contribution is -2.54. The molecular formula is C17H33N5O5S. The van der Waals surface area contributed by atoms with E-state index in [0.717, 1.165) is 0 Å². The first-order chi connectivity index (χ1) is 13.1. The van der Waals surface area contributed by atoms with Gasteiger partial charge in [0.2, 0.25) is 17.7 Å². The largest absolute Gasteiger partial charge is 0.480 e. The number of carboxylic acid groups (broad SMARTS) is 1. The fraction of sp³-hybridized carbons (Fsp3) is 0.765. The van der Waals surface area contributed by atoms with Crippen LogP contribution in [0.1, 0.15) is 39.5 Å². The minimum atomic E-state index is -1.22. The van der Waals surface area contributed by atoms with E-state index in [4.69, 9.17) is 16.6 Å². The van der Waals surface area contributed by atoms with Crippen LogP contribution in [0.25, 0.3) is 0 Å².